The highest BCUT2D eigenvalue weighted by Crippen LogP contribution is 2.37. The molecule has 0 unspecified atom stereocenters. The van der Waals surface area contributed by atoms with E-state index in [1.165, 1.54) is 27.8 Å². The van der Waals surface area contributed by atoms with Crippen LogP contribution in [0.3, 0.4) is 0 Å². The van der Waals surface area contributed by atoms with Crippen LogP contribution in [0.25, 0.3) is 11.1 Å². The summed E-state index contributed by atoms with van der Waals surface area (Å²) in [4.78, 5) is 0. The van der Waals surface area contributed by atoms with Gasteiger partial charge in [0.2, 0.25) is 0 Å². The van der Waals surface area contributed by atoms with Gasteiger partial charge in [0.05, 0.1) is 0 Å². The van der Waals surface area contributed by atoms with Gasteiger partial charge >= 0.3 is 0 Å². The van der Waals surface area contributed by atoms with Crippen LogP contribution < -0.4 is 5.73 Å². The van der Waals surface area contributed by atoms with Crippen molar-refractivity contribution in [3.63, 3.8) is 0 Å². The molecule has 0 aliphatic heterocycles. The molecular weight excluding hydrogens is 242 g/mol. The molecule has 0 aromatic heterocycles. The number of halogens is 1. The van der Waals surface area contributed by atoms with Crippen molar-refractivity contribution in [1.29, 1.82) is 0 Å². The highest BCUT2D eigenvalue weighted by molar-refractivity contribution is 5.85. The van der Waals surface area contributed by atoms with E-state index in [9.17, 15) is 0 Å². The number of rotatable bonds is 2. The Morgan fingerprint density at radius 2 is 1.78 bits per heavy atom. The third-order valence-corrected chi connectivity index (χ3v) is 3.69. The maximum atomic E-state index is 6.09. The molecule has 2 aromatic rings. The average Bonchev–Trinajstić information content (AvgIpc) is 2.75. The molecule has 1 atom stereocenters. The lowest BCUT2D eigenvalue weighted by molar-refractivity contribution is 0.698. The average molecular weight is 260 g/mol. The highest BCUT2D eigenvalue weighted by atomic mass is 35.5. The Bertz CT molecular complexity index is 563. The van der Waals surface area contributed by atoms with Gasteiger partial charge in [-0.1, -0.05) is 49.4 Å². The molecule has 0 radical (unpaired) electrons. The first kappa shape index (κ1) is 13.1. The van der Waals surface area contributed by atoms with Gasteiger partial charge < -0.3 is 5.73 Å². The first-order valence-corrected chi connectivity index (χ1v) is 6.26. The van der Waals surface area contributed by atoms with Crippen molar-refractivity contribution in [3.8, 4) is 11.1 Å². The van der Waals surface area contributed by atoms with Crippen LogP contribution in [0.15, 0.2) is 42.5 Å². The lowest BCUT2D eigenvalue weighted by Gasteiger charge is -2.11. The Balaban J connectivity index is 0.00000120. The largest absolute Gasteiger partial charge is 0.324 e. The van der Waals surface area contributed by atoms with Crippen molar-refractivity contribution in [2.24, 2.45) is 5.73 Å². The van der Waals surface area contributed by atoms with Crippen LogP contribution in [-0.4, -0.2) is 0 Å². The maximum Gasteiger partial charge on any atom is 0.0292 e. The summed E-state index contributed by atoms with van der Waals surface area (Å²) in [6, 6.07) is 15.5. The Kier molecular flexibility index (Phi) is 3.74. The lowest BCUT2D eigenvalue weighted by Crippen LogP contribution is -2.08. The maximum absolute atomic E-state index is 6.09. The van der Waals surface area contributed by atoms with E-state index in [1.807, 2.05) is 0 Å². The lowest BCUT2D eigenvalue weighted by atomic mass is 9.99. The second-order valence-electron chi connectivity index (χ2n) is 4.77. The van der Waals surface area contributed by atoms with Gasteiger partial charge in [-0.05, 0) is 40.7 Å². The third kappa shape index (κ3) is 2.05. The van der Waals surface area contributed by atoms with Gasteiger partial charge in [-0.2, -0.15) is 0 Å². The van der Waals surface area contributed by atoms with Gasteiger partial charge in [-0.3, -0.25) is 0 Å². The van der Waals surface area contributed by atoms with Crippen LogP contribution in [0.5, 0.6) is 0 Å². The van der Waals surface area contributed by atoms with Crippen LogP contribution >= 0.6 is 12.4 Å². The molecule has 0 saturated heterocycles. The summed E-state index contributed by atoms with van der Waals surface area (Å²) in [5.74, 6) is 0. The van der Waals surface area contributed by atoms with Crippen molar-refractivity contribution in [1.82, 2.24) is 0 Å². The van der Waals surface area contributed by atoms with Gasteiger partial charge in [0, 0.05) is 6.04 Å². The van der Waals surface area contributed by atoms with Crippen LogP contribution in [-0.2, 0) is 6.42 Å². The summed E-state index contributed by atoms with van der Waals surface area (Å²) < 4.78 is 0. The van der Waals surface area contributed by atoms with Crippen LogP contribution in [0.2, 0.25) is 0 Å². The van der Waals surface area contributed by atoms with Gasteiger partial charge in [-0.15, -0.1) is 12.4 Å². The smallest absolute Gasteiger partial charge is 0.0292 e. The fourth-order valence-corrected chi connectivity index (χ4v) is 2.63. The van der Waals surface area contributed by atoms with Crippen LogP contribution in [0, 0.1) is 0 Å². The van der Waals surface area contributed by atoms with Crippen molar-refractivity contribution >= 4 is 12.4 Å². The molecular formula is C16H18ClN. The molecule has 2 N–H and O–H groups in total. The molecule has 2 heteroatoms. The molecule has 1 aliphatic rings. The summed E-state index contributed by atoms with van der Waals surface area (Å²) in [6.07, 6.45) is 2.04. The minimum atomic E-state index is 0. The molecule has 94 valence electrons. The number of fused-ring (bicyclic) bond motifs is 3. The summed E-state index contributed by atoms with van der Waals surface area (Å²) in [7, 11) is 0. The van der Waals surface area contributed by atoms with E-state index in [4.69, 9.17) is 5.73 Å². The van der Waals surface area contributed by atoms with Crippen LogP contribution in [0.4, 0.5) is 0 Å². The zero-order chi connectivity index (χ0) is 11.8. The topological polar surface area (TPSA) is 26.0 Å². The minimum absolute atomic E-state index is 0. The fraction of sp³-hybridized carbons (Fsp3) is 0.250. The van der Waals surface area contributed by atoms with Crippen LogP contribution in [0.1, 0.15) is 36.1 Å². The van der Waals surface area contributed by atoms with E-state index in [1.54, 1.807) is 0 Å². The molecule has 2 aromatic carbocycles. The third-order valence-electron chi connectivity index (χ3n) is 3.69. The second-order valence-corrected chi connectivity index (χ2v) is 4.77. The van der Waals surface area contributed by atoms with Crippen molar-refractivity contribution in [2.45, 2.75) is 25.8 Å². The Morgan fingerprint density at radius 1 is 1.06 bits per heavy atom. The molecule has 0 fully saturated rings. The van der Waals surface area contributed by atoms with Crippen molar-refractivity contribution in [3.05, 3.63) is 59.2 Å². The number of nitrogens with two attached hydrogens (primary N) is 1. The SMILES string of the molecule is CC[C@@H](N)c1ccc2c(c1)Cc1ccccc1-2.Cl. The Hall–Kier alpha value is -1.31. The van der Waals surface area contributed by atoms with Gasteiger partial charge in [-0.25, -0.2) is 0 Å². The minimum Gasteiger partial charge on any atom is -0.324 e. The predicted octanol–water partition coefficient (Wildman–Crippen LogP) is 4.09. The zero-order valence-electron chi connectivity index (χ0n) is 10.5. The predicted molar refractivity (Wildman–Crippen MR) is 79.2 cm³/mol. The summed E-state index contributed by atoms with van der Waals surface area (Å²) in [5, 5.41) is 0. The highest BCUT2D eigenvalue weighted by Gasteiger charge is 2.18. The molecule has 0 bridgehead atoms. The van der Waals surface area contributed by atoms with Gasteiger partial charge in [0.25, 0.3) is 0 Å². The second kappa shape index (κ2) is 5.13. The molecule has 1 aliphatic carbocycles. The molecule has 0 amide bonds. The molecule has 0 spiro atoms. The van der Waals surface area contributed by atoms with Crippen molar-refractivity contribution in [2.75, 3.05) is 0 Å². The molecule has 0 saturated carbocycles. The monoisotopic (exact) mass is 259 g/mol. The van der Waals surface area contributed by atoms with E-state index >= 15 is 0 Å². The van der Waals surface area contributed by atoms with Crippen molar-refractivity contribution < 1.29 is 0 Å². The first-order chi connectivity index (χ1) is 8.29. The van der Waals surface area contributed by atoms with E-state index in [2.05, 4.69) is 49.4 Å². The molecule has 18 heavy (non-hydrogen) atoms. The van der Waals surface area contributed by atoms with E-state index in [0.717, 1.165) is 12.8 Å². The Labute approximate surface area is 114 Å². The Morgan fingerprint density at radius 3 is 2.56 bits per heavy atom. The summed E-state index contributed by atoms with van der Waals surface area (Å²) in [6.45, 7) is 2.13. The first-order valence-electron chi connectivity index (χ1n) is 6.26. The molecule has 3 rings (SSSR count). The van der Waals surface area contributed by atoms with Gasteiger partial charge in [0.1, 0.15) is 0 Å². The molecule has 0 heterocycles. The standard InChI is InChI=1S/C16H17N.ClH/c1-2-16(17)12-7-8-15-13(10-12)9-11-5-3-4-6-14(11)15;/h3-8,10,16H,2,9,17H2,1H3;1H/t16-;/m1./s1. The quantitative estimate of drug-likeness (QED) is 0.737. The van der Waals surface area contributed by atoms with Gasteiger partial charge in [0.15, 0.2) is 0 Å². The number of benzene rings is 2. The number of hydrogen-bond donors (Lipinski definition) is 1. The van der Waals surface area contributed by atoms with E-state index < -0.39 is 0 Å². The normalized spacial score (nSPS) is 13.4. The number of hydrogen-bond acceptors (Lipinski definition) is 1. The van der Waals surface area contributed by atoms with E-state index in [0.29, 0.717) is 0 Å². The summed E-state index contributed by atoms with van der Waals surface area (Å²) >= 11 is 0. The zero-order valence-corrected chi connectivity index (χ0v) is 11.3. The molecule has 1 nitrogen and oxygen atoms in total. The summed E-state index contributed by atoms with van der Waals surface area (Å²) in [5.41, 5.74) is 13.0. The fourth-order valence-electron chi connectivity index (χ4n) is 2.63. The van der Waals surface area contributed by atoms with E-state index in [-0.39, 0.29) is 18.4 Å².